The van der Waals surface area contributed by atoms with Gasteiger partial charge in [-0.2, -0.15) is 0 Å². The van der Waals surface area contributed by atoms with Crippen LogP contribution in [-0.4, -0.2) is 30.1 Å². The maximum absolute atomic E-state index is 12.4. The molecule has 5 heteroatoms. The first-order valence-electron chi connectivity index (χ1n) is 7.17. The molecule has 1 saturated heterocycles. The zero-order chi connectivity index (χ0) is 14.8. The maximum atomic E-state index is 12.4. The van der Waals surface area contributed by atoms with Crippen molar-refractivity contribution in [2.45, 2.75) is 25.9 Å². The van der Waals surface area contributed by atoms with Crippen LogP contribution in [0.2, 0.25) is 0 Å². The van der Waals surface area contributed by atoms with Crippen LogP contribution < -0.4 is 10.7 Å². The molecule has 0 aliphatic carbocycles. The first-order valence-corrected chi connectivity index (χ1v) is 7.17. The number of hydrogen-bond acceptors (Lipinski definition) is 3. The molecule has 0 radical (unpaired) electrons. The molecule has 5 nitrogen and oxygen atoms in total. The van der Waals surface area contributed by atoms with E-state index in [1.165, 1.54) is 6.20 Å². The average Bonchev–Trinajstić information content (AvgIpc) is 2.99. The average molecular weight is 286 g/mol. The Bertz CT molecular complexity index is 730. The predicted molar refractivity (Wildman–Crippen MR) is 80.6 cm³/mol. The Labute approximate surface area is 122 Å². The molecule has 21 heavy (non-hydrogen) atoms. The predicted octanol–water partition coefficient (Wildman–Crippen LogP) is 1.75. The summed E-state index contributed by atoms with van der Waals surface area (Å²) in [5.74, 6) is -0.352. The Morgan fingerprint density at radius 3 is 3.10 bits per heavy atom. The second-order valence-electron chi connectivity index (χ2n) is 5.43. The number of H-pyrrole nitrogens is 1. The minimum atomic E-state index is -0.352. The number of nitrogens with one attached hydrogen (secondary N) is 2. The summed E-state index contributed by atoms with van der Waals surface area (Å²) < 4.78 is 5.45. The van der Waals surface area contributed by atoms with Gasteiger partial charge in [0.2, 0.25) is 5.43 Å². The number of benzene rings is 1. The Morgan fingerprint density at radius 1 is 1.48 bits per heavy atom. The van der Waals surface area contributed by atoms with E-state index in [-0.39, 0.29) is 23.0 Å². The van der Waals surface area contributed by atoms with Crippen molar-refractivity contribution in [1.82, 2.24) is 10.3 Å². The van der Waals surface area contributed by atoms with Gasteiger partial charge in [-0.1, -0.05) is 11.6 Å². The van der Waals surface area contributed by atoms with E-state index in [4.69, 9.17) is 4.74 Å². The number of pyridine rings is 1. The van der Waals surface area contributed by atoms with Gasteiger partial charge in [-0.05, 0) is 31.9 Å². The molecule has 0 unspecified atom stereocenters. The Kier molecular flexibility index (Phi) is 3.75. The van der Waals surface area contributed by atoms with Gasteiger partial charge in [0.1, 0.15) is 5.56 Å². The molecule has 1 amide bonds. The normalized spacial score (nSPS) is 18.0. The molecule has 1 atom stereocenters. The fourth-order valence-electron chi connectivity index (χ4n) is 2.61. The van der Waals surface area contributed by atoms with Crippen LogP contribution in [0, 0.1) is 6.92 Å². The summed E-state index contributed by atoms with van der Waals surface area (Å²) in [6.07, 6.45) is 3.52. The molecular formula is C16H18N2O3. The first kappa shape index (κ1) is 13.8. The van der Waals surface area contributed by atoms with Crippen molar-refractivity contribution >= 4 is 16.8 Å². The molecule has 2 aromatic rings. The summed E-state index contributed by atoms with van der Waals surface area (Å²) in [6.45, 7) is 3.11. The van der Waals surface area contributed by atoms with Crippen molar-refractivity contribution < 1.29 is 9.53 Å². The van der Waals surface area contributed by atoms with Crippen LogP contribution in [0.15, 0.2) is 29.2 Å². The standard InChI is InChI=1S/C16H18N2O3/c1-10-4-5-14-12(7-10)15(19)13(9-17-14)16(20)18-8-11-3-2-6-21-11/h4-5,7,9,11H,2-3,6,8H2,1H3,(H,17,19)(H,18,20)/t11-/m1/s1. The van der Waals surface area contributed by atoms with E-state index >= 15 is 0 Å². The van der Waals surface area contributed by atoms with Crippen molar-refractivity contribution in [3.63, 3.8) is 0 Å². The second kappa shape index (κ2) is 5.69. The Morgan fingerprint density at radius 2 is 2.33 bits per heavy atom. The molecule has 110 valence electrons. The highest BCUT2D eigenvalue weighted by molar-refractivity contribution is 5.97. The van der Waals surface area contributed by atoms with E-state index in [0.29, 0.717) is 11.9 Å². The number of rotatable bonds is 3. The molecule has 1 aromatic heterocycles. The zero-order valence-electron chi connectivity index (χ0n) is 11.9. The van der Waals surface area contributed by atoms with Crippen molar-refractivity contribution in [1.29, 1.82) is 0 Å². The largest absolute Gasteiger partial charge is 0.376 e. The minimum Gasteiger partial charge on any atom is -0.376 e. The third-order valence-electron chi connectivity index (χ3n) is 3.80. The fourth-order valence-corrected chi connectivity index (χ4v) is 2.61. The van der Waals surface area contributed by atoms with Crippen LogP contribution in [0.5, 0.6) is 0 Å². The van der Waals surface area contributed by atoms with Gasteiger partial charge in [-0.3, -0.25) is 9.59 Å². The van der Waals surface area contributed by atoms with Crippen LogP contribution >= 0.6 is 0 Å². The lowest BCUT2D eigenvalue weighted by Crippen LogP contribution is -2.34. The molecule has 2 heterocycles. The van der Waals surface area contributed by atoms with Gasteiger partial charge >= 0.3 is 0 Å². The summed E-state index contributed by atoms with van der Waals surface area (Å²) in [7, 11) is 0. The number of amides is 1. The summed E-state index contributed by atoms with van der Waals surface area (Å²) >= 11 is 0. The van der Waals surface area contributed by atoms with Crippen molar-refractivity contribution in [2.75, 3.05) is 13.2 Å². The van der Waals surface area contributed by atoms with Gasteiger partial charge in [0.25, 0.3) is 5.91 Å². The number of carbonyl (C=O) groups is 1. The van der Waals surface area contributed by atoms with Crippen LogP contribution in [0.1, 0.15) is 28.8 Å². The molecule has 3 rings (SSSR count). The highest BCUT2D eigenvalue weighted by Crippen LogP contribution is 2.12. The number of fused-ring (bicyclic) bond motifs is 1. The summed E-state index contributed by atoms with van der Waals surface area (Å²) in [5, 5.41) is 3.32. The molecule has 2 N–H and O–H groups in total. The number of hydrogen-bond donors (Lipinski definition) is 2. The van der Waals surface area contributed by atoms with E-state index in [2.05, 4.69) is 10.3 Å². The van der Waals surface area contributed by atoms with Crippen molar-refractivity contribution in [3.8, 4) is 0 Å². The van der Waals surface area contributed by atoms with E-state index in [1.807, 2.05) is 19.1 Å². The van der Waals surface area contributed by atoms with E-state index in [9.17, 15) is 9.59 Å². The number of aryl methyl sites for hydroxylation is 1. The van der Waals surface area contributed by atoms with Crippen molar-refractivity contribution in [3.05, 3.63) is 45.7 Å². The fraction of sp³-hybridized carbons (Fsp3) is 0.375. The third kappa shape index (κ3) is 2.83. The summed E-state index contributed by atoms with van der Waals surface area (Å²) in [6, 6.07) is 5.57. The van der Waals surface area contributed by atoms with Crippen LogP contribution in [0.3, 0.4) is 0 Å². The number of aromatic amines is 1. The topological polar surface area (TPSA) is 71.2 Å². The smallest absolute Gasteiger partial charge is 0.256 e. The quantitative estimate of drug-likeness (QED) is 0.903. The monoisotopic (exact) mass is 286 g/mol. The molecule has 1 aliphatic heterocycles. The molecule has 1 fully saturated rings. The molecule has 1 aliphatic rings. The van der Waals surface area contributed by atoms with Gasteiger partial charge in [-0.15, -0.1) is 0 Å². The van der Waals surface area contributed by atoms with Crippen molar-refractivity contribution in [2.24, 2.45) is 0 Å². The Hall–Kier alpha value is -2.14. The van der Waals surface area contributed by atoms with E-state index in [1.54, 1.807) is 6.07 Å². The van der Waals surface area contributed by atoms with E-state index in [0.717, 1.165) is 30.5 Å². The number of carbonyl (C=O) groups excluding carboxylic acids is 1. The molecular weight excluding hydrogens is 268 g/mol. The highest BCUT2D eigenvalue weighted by atomic mass is 16.5. The summed E-state index contributed by atoms with van der Waals surface area (Å²) in [4.78, 5) is 27.6. The first-order chi connectivity index (χ1) is 10.1. The molecule has 0 spiro atoms. The van der Waals surface area contributed by atoms with E-state index < -0.39 is 0 Å². The molecule has 1 aromatic carbocycles. The number of aromatic nitrogens is 1. The van der Waals surface area contributed by atoms with Gasteiger partial charge in [0, 0.05) is 30.3 Å². The van der Waals surface area contributed by atoms with Crippen LogP contribution in [0.4, 0.5) is 0 Å². The van der Waals surface area contributed by atoms with Gasteiger partial charge in [0.15, 0.2) is 0 Å². The van der Waals surface area contributed by atoms with Gasteiger partial charge < -0.3 is 15.0 Å². The Balaban J connectivity index is 1.84. The van der Waals surface area contributed by atoms with Gasteiger partial charge in [-0.25, -0.2) is 0 Å². The minimum absolute atomic E-state index is 0.0655. The second-order valence-corrected chi connectivity index (χ2v) is 5.43. The zero-order valence-corrected chi connectivity index (χ0v) is 11.9. The lowest BCUT2D eigenvalue weighted by Gasteiger charge is -2.10. The summed E-state index contributed by atoms with van der Waals surface area (Å²) in [5.41, 5.74) is 1.63. The number of ether oxygens (including phenoxy) is 1. The lowest BCUT2D eigenvalue weighted by atomic mass is 10.1. The van der Waals surface area contributed by atoms with Crippen LogP contribution in [-0.2, 0) is 4.74 Å². The molecule has 0 bridgehead atoms. The lowest BCUT2D eigenvalue weighted by molar-refractivity contribution is 0.0857. The van der Waals surface area contributed by atoms with Gasteiger partial charge in [0.05, 0.1) is 6.10 Å². The highest BCUT2D eigenvalue weighted by Gasteiger charge is 2.18. The SMILES string of the molecule is Cc1ccc2[nH]cc(C(=O)NC[C@H]3CCCO3)c(=O)c2c1. The molecule has 0 saturated carbocycles. The van der Waals surface area contributed by atoms with Crippen LogP contribution in [0.25, 0.3) is 10.9 Å². The maximum Gasteiger partial charge on any atom is 0.256 e. The third-order valence-corrected chi connectivity index (χ3v) is 3.80.